The zero-order valence-corrected chi connectivity index (χ0v) is 12.8. The van der Waals surface area contributed by atoms with Crippen LogP contribution in [0.3, 0.4) is 0 Å². The van der Waals surface area contributed by atoms with Gasteiger partial charge in [0.25, 0.3) is 0 Å². The maximum absolute atomic E-state index is 12.3. The van der Waals surface area contributed by atoms with E-state index in [0.29, 0.717) is 5.56 Å². The van der Waals surface area contributed by atoms with E-state index in [1.54, 1.807) is 44.4 Å². The van der Waals surface area contributed by atoms with Crippen LogP contribution in [0.25, 0.3) is 0 Å². The normalized spacial score (nSPS) is 14.3. The highest BCUT2D eigenvalue weighted by molar-refractivity contribution is 5.79. The number of rotatable bonds is 6. The van der Waals surface area contributed by atoms with Crippen LogP contribution in [0.4, 0.5) is 0 Å². The van der Waals surface area contributed by atoms with Crippen LogP contribution in [-0.4, -0.2) is 40.5 Å². The number of carbonyl (C=O) groups is 1. The number of nitrogens with zero attached hydrogens (tertiary/aromatic N) is 2. The third kappa shape index (κ3) is 4.26. The van der Waals surface area contributed by atoms with Crippen LogP contribution >= 0.6 is 0 Å². The number of carbonyl (C=O) groups excluding carboxylic acids is 1. The first-order valence-electron chi connectivity index (χ1n) is 6.75. The molecule has 1 aromatic carbocycles. The van der Waals surface area contributed by atoms with Gasteiger partial charge < -0.3 is 10.0 Å². The minimum absolute atomic E-state index is 0.0346. The molecule has 0 radical (unpaired) electrons. The van der Waals surface area contributed by atoms with Crippen LogP contribution in [-0.2, 0) is 4.79 Å². The third-order valence-electron chi connectivity index (χ3n) is 3.49. The van der Waals surface area contributed by atoms with Gasteiger partial charge in [0, 0.05) is 39.3 Å². The first-order valence-corrected chi connectivity index (χ1v) is 6.75. The molecule has 6 nitrogen and oxygen atoms in total. The highest BCUT2D eigenvalue weighted by Gasteiger charge is 2.41. The van der Waals surface area contributed by atoms with Crippen LogP contribution < -0.4 is 0 Å². The molecule has 0 bridgehead atoms. The average molecular weight is 294 g/mol. The van der Waals surface area contributed by atoms with Gasteiger partial charge in [-0.1, -0.05) is 30.3 Å². The van der Waals surface area contributed by atoms with E-state index in [1.807, 2.05) is 0 Å². The summed E-state index contributed by atoms with van der Waals surface area (Å²) in [6.07, 6.45) is -1.10. The van der Waals surface area contributed by atoms with Crippen LogP contribution in [0.5, 0.6) is 0 Å². The Morgan fingerprint density at radius 1 is 1.33 bits per heavy atom. The molecule has 0 saturated heterocycles. The lowest BCUT2D eigenvalue weighted by molar-refractivity contribution is -0.563. The molecule has 0 saturated carbocycles. The van der Waals surface area contributed by atoms with Crippen molar-refractivity contribution in [3.63, 3.8) is 0 Å². The second kappa shape index (κ2) is 6.67. The molecule has 1 N–H and O–H groups in total. The fourth-order valence-electron chi connectivity index (χ4n) is 2.16. The first kappa shape index (κ1) is 17.1. The molecule has 0 unspecified atom stereocenters. The van der Waals surface area contributed by atoms with Crippen molar-refractivity contribution in [2.24, 2.45) is 5.92 Å². The summed E-state index contributed by atoms with van der Waals surface area (Å²) in [7, 11) is 3.15. The molecule has 0 fully saturated rings. The predicted octanol–water partition coefficient (Wildman–Crippen LogP) is 1.87. The summed E-state index contributed by atoms with van der Waals surface area (Å²) in [5, 5.41) is 21.6. The Balaban J connectivity index is 3.09. The molecule has 1 aromatic rings. The summed E-state index contributed by atoms with van der Waals surface area (Å²) in [5.41, 5.74) is -0.705. The number of hydrogen-bond donors (Lipinski definition) is 1. The fourth-order valence-corrected chi connectivity index (χ4v) is 2.16. The van der Waals surface area contributed by atoms with Crippen LogP contribution in [0.2, 0.25) is 0 Å². The summed E-state index contributed by atoms with van der Waals surface area (Å²) in [6, 6.07) is 8.74. The average Bonchev–Trinajstić information content (AvgIpc) is 2.44. The van der Waals surface area contributed by atoms with E-state index in [9.17, 15) is 20.0 Å². The van der Waals surface area contributed by atoms with Crippen molar-refractivity contribution in [1.29, 1.82) is 0 Å². The van der Waals surface area contributed by atoms with Gasteiger partial charge in [0.05, 0.1) is 12.0 Å². The quantitative estimate of drug-likeness (QED) is 0.641. The molecule has 21 heavy (non-hydrogen) atoms. The molecule has 6 heteroatoms. The summed E-state index contributed by atoms with van der Waals surface area (Å²) in [4.78, 5) is 24.3. The molecule has 0 aliphatic carbocycles. The second-order valence-corrected chi connectivity index (χ2v) is 5.97. The first-order chi connectivity index (χ1) is 9.66. The monoisotopic (exact) mass is 294 g/mol. The van der Waals surface area contributed by atoms with Crippen LogP contribution in [0, 0.1) is 16.0 Å². The molecule has 0 heterocycles. The zero-order valence-electron chi connectivity index (χ0n) is 12.8. The van der Waals surface area contributed by atoms with Gasteiger partial charge in [0.15, 0.2) is 0 Å². The van der Waals surface area contributed by atoms with Gasteiger partial charge >= 0.3 is 0 Å². The predicted molar refractivity (Wildman–Crippen MR) is 79.3 cm³/mol. The van der Waals surface area contributed by atoms with Gasteiger partial charge in [-0.3, -0.25) is 14.9 Å². The molecular formula is C15H22N2O4. The number of amides is 1. The summed E-state index contributed by atoms with van der Waals surface area (Å²) >= 11 is 0. The lowest BCUT2D eigenvalue weighted by Crippen LogP contribution is -2.41. The van der Waals surface area contributed by atoms with Gasteiger partial charge in [-0.2, -0.15) is 0 Å². The Kier molecular flexibility index (Phi) is 5.43. The summed E-state index contributed by atoms with van der Waals surface area (Å²) < 4.78 is 0. The van der Waals surface area contributed by atoms with E-state index < -0.39 is 22.5 Å². The number of aliphatic hydroxyl groups is 1. The number of aliphatic hydroxyl groups excluding tert-OH is 1. The Morgan fingerprint density at radius 3 is 2.29 bits per heavy atom. The third-order valence-corrected chi connectivity index (χ3v) is 3.49. The van der Waals surface area contributed by atoms with Crippen molar-refractivity contribution in [3.05, 3.63) is 46.0 Å². The maximum Gasteiger partial charge on any atom is 0.228 e. The van der Waals surface area contributed by atoms with Crippen molar-refractivity contribution in [2.75, 3.05) is 14.1 Å². The maximum atomic E-state index is 12.3. The fraction of sp³-hybridized carbons (Fsp3) is 0.533. The smallest absolute Gasteiger partial charge is 0.228 e. The zero-order chi connectivity index (χ0) is 16.2. The van der Waals surface area contributed by atoms with E-state index >= 15 is 0 Å². The minimum Gasteiger partial charge on any atom is -0.388 e. The molecule has 0 aromatic heterocycles. The topological polar surface area (TPSA) is 83.7 Å². The van der Waals surface area contributed by atoms with Gasteiger partial charge in [0.1, 0.15) is 0 Å². The summed E-state index contributed by atoms with van der Waals surface area (Å²) in [5.74, 6) is -1.18. The Morgan fingerprint density at radius 2 is 1.86 bits per heavy atom. The molecule has 0 spiro atoms. The van der Waals surface area contributed by atoms with Crippen LogP contribution in [0.1, 0.15) is 31.9 Å². The van der Waals surface area contributed by atoms with Crippen molar-refractivity contribution >= 4 is 5.91 Å². The number of hydrogen-bond acceptors (Lipinski definition) is 4. The molecule has 2 atom stereocenters. The highest BCUT2D eigenvalue weighted by atomic mass is 16.6. The molecule has 0 aliphatic rings. The molecule has 1 amide bonds. The van der Waals surface area contributed by atoms with Gasteiger partial charge in [-0.15, -0.1) is 0 Å². The number of benzene rings is 1. The molecule has 116 valence electrons. The van der Waals surface area contributed by atoms with Crippen molar-refractivity contribution in [2.45, 2.75) is 31.9 Å². The van der Waals surface area contributed by atoms with E-state index in [-0.39, 0.29) is 12.3 Å². The standard InChI is InChI=1S/C15H22N2O4/c1-15(2,17(20)21)10-12(14(19)16(3)4)13(18)11-8-6-5-7-9-11/h5-9,12-13,18H,10H2,1-4H3/t12-,13-/m1/s1. The largest absolute Gasteiger partial charge is 0.388 e. The Labute approximate surface area is 124 Å². The lowest BCUT2D eigenvalue weighted by atomic mass is 9.84. The highest BCUT2D eigenvalue weighted by Crippen LogP contribution is 2.31. The Hall–Kier alpha value is -1.95. The van der Waals surface area contributed by atoms with E-state index in [2.05, 4.69) is 0 Å². The van der Waals surface area contributed by atoms with Crippen molar-refractivity contribution < 1.29 is 14.8 Å². The number of nitro groups is 1. The SMILES string of the molecule is CN(C)C(=O)[C@H](CC(C)(C)[N+](=O)[O-])[C@H](O)c1ccccc1. The van der Waals surface area contributed by atoms with Crippen molar-refractivity contribution in [1.82, 2.24) is 4.90 Å². The van der Waals surface area contributed by atoms with E-state index in [4.69, 9.17) is 0 Å². The summed E-state index contributed by atoms with van der Waals surface area (Å²) in [6.45, 7) is 2.92. The second-order valence-electron chi connectivity index (χ2n) is 5.97. The van der Waals surface area contributed by atoms with E-state index in [1.165, 1.54) is 18.7 Å². The van der Waals surface area contributed by atoms with Crippen LogP contribution in [0.15, 0.2) is 30.3 Å². The Bertz CT molecular complexity index is 500. The van der Waals surface area contributed by atoms with Gasteiger partial charge in [-0.25, -0.2) is 0 Å². The lowest BCUT2D eigenvalue weighted by Gasteiger charge is -2.28. The minimum atomic E-state index is -1.29. The van der Waals surface area contributed by atoms with E-state index in [0.717, 1.165) is 0 Å². The van der Waals surface area contributed by atoms with Gasteiger partial charge in [0.2, 0.25) is 11.4 Å². The molecule has 1 rings (SSSR count). The van der Waals surface area contributed by atoms with Crippen molar-refractivity contribution in [3.8, 4) is 0 Å². The van der Waals surface area contributed by atoms with Gasteiger partial charge in [-0.05, 0) is 5.56 Å². The molecular weight excluding hydrogens is 272 g/mol. The molecule has 0 aliphatic heterocycles.